The zero-order chi connectivity index (χ0) is 26.1. The number of fused-ring (bicyclic) bond motifs is 1. The molecule has 38 heavy (non-hydrogen) atoms. The van der Waals surface area contributed by atoms with Crippen molar-refractivity contribution in [1.82, 2.24) is 19.4 Å². The molecule has 1 aliphatic carbocycles. The number of hydrogen-bond donors (Lipinski definition) is 1. The summed E-state index contributed by atoms with van der Waals surface area (Å²) in [7, 11) is 0. The first-order valence-electron chi connectivity index (χ1n) is 13.0. The molecule has 1 amide bonds. The van der Waals surface area contributed by atoms with E-state index >= 15 is 0 Å². The van der Waals surface area contributed by atoms with Gasteiger partial charge in [-0.2, -0.15) is 5.26 Å². The Bertz CT molecular complexity index is 1550. The number of anilines is 1. The highest BCUT2D eigenvalue weighted by Crippen LogP contribution is 2.35. The number of aromatic nitrogens is 3. The molecular formula is C30H28N6O2. The smallest absolute Gasteiger partial charge is 0.264 e. The van der Waals surface area contributed by atoms with Crippen LogP contribution >= 0.6 is 0 Å². The molecule has 190 valence electrons. The largest absolute Gasteiger partial charge is 0.457 e. The van der Waals surface area contributed by atoms with Gasteiger partial charge in [0, 0.05) is 24.8 Å². The number of para-hydroxylation sites is 1. The summed E-state index contributed by atoms with van der Waals surface area (Å²) in [5.74, 6) is 2.13. The lowest BCUT2D eigenvalue weighted by atomic mass is 10.1. The minimum Gasteiger partial charge on any atom is -0.457 e. The Morgan fingerprint density at radius 2 is 1.84 bits per heavy atom. The molecule has 3 heterocycles. The van der Waals surface area contributed by atoms with Gasteiger partial charge in [-0.05, 0) is 61.4 Å². The first-order chi connectivity index (χ1) is 18.6. The maximum Gasteiger partial charge on any atom is 0.264 e. The number of carbonyl (C=O) groups is 1. The van der Waals surface area contributed by atoms with Crippen molar-refractivity contribution >= 4 is 22.8 Å². The van der Waals surface area contributed by atoms with Crippen molar-refractivity contribution in [2.24, 2.45) is 5.92 Å². The number of allylic oxidation sites excluding steroid dienone is 1. The number of rotatable bonds is 7. The fourth-order valence-electron chi connectivity index (χ4n) is 5.16. The number of nitrogens with two attached hydrogens (primary N) is 1. The van der Waals surface area contributed by atoms with Crippen LogP contribution in [0.3, 0.4) is 0 Å². The Morgan fingerprint density at radius 1 is 1.08 bits per heavy atom. The van der Waals surface area contributed by atoms with Crippen molar-refractivity contribution in [3.8, 4) is 28.7 Å². The van der Waals surface area contributed by atoms with Crippen molar-refractivity contribution in [3.05, 3.63) is 78.8 Å². The molecule has 0 spiro atoms. The number of ether oxygens (including phenoxy) is 1. The number of amides is 1. The van der Waals surface area contributed by atoms with Gasteiger partial charge in [0.15, 0.2) is 0 Å². The molecule has 2 aromatic carbocycles. The second-order valence-corrected chi connectivity index (χ2v) is 9.92. The fourth-order valence-corrected chi connectivity index (χ4v) is 5.16. The molecule has 4 aromatic rings. The average Bonchev–Trinajstić information content (AvgIpc) is 3.52. The maximum absolute atomic E-state index is 13.2. The lowest BCUT2D eigenvalue weighted by Crippen LogP contribution is -2.38. The van der Waals surface area contributed by atoms with Gasteiger partial charge in [0.25, 0.3) is 5.91 Å². The van der Waals surface area contributed by atoms with E-state index in [0.717, 1.165) is 59.3 Å². The maximum atomic E-state index is 13.2. The van der Waals surface area contributed by atoms with Crippen molar-refractivity contribution in [2.45, 2.75) is 38.3 Å². The number of likely N-dealkylation sites (tertiary alicyclic amines) is 1. The second kappa shape index (κ2) is 10.0. The van der Waals surface area contributed by atoms with E-state index in [0.29, 0.717) is 24.8 Å². The summed E-state index contributed by atoms with van der Waals surface area (Å²) in [5, 5.41) is 10.4. The van der Waals surface area contributed by atoms with Crippen LogP contribution in [0.15, 0.2) is 78.8 Å². The number of carbonyl (C=O) groups excluding carboxylic acids is 1. The summed E-state index contributed by atoms with van der Waals surface area (Å²) in [5.41, 5.74) is 9.22. The minimum absolute atomic E-state index is 0.0280. The molecule has 2 fully saturated rings. The summed E-state index contributed by atoms with van der Waals surface area (Å²) in [6.45, 7) is 1.22. The molecule has 6 rings (SSSR count). The first-order valence-corrected chi connectivity index (χ1v) is 13.0. The average molecular weight is 505 g/mol. The van der Waals surface area contributed by atoms with Crippen LogP contribution in [0.1, 0.15) is 25.7 Å². The molecule has 0 radical (unpaired) electrons. The Hall–Kier alpha value is -4.64. The minimum atomic E-state index is -0.165. The molecule has 2 N–H and O–H groups in total. The van der Waals surface area contributed by atoms with Crippen LogP contribution in [-0.4, -0.2) is 37.9 Å². The number of benzene rings is 2. The third-order valence-corrected chi connectivity index (χ3v) is 7.25. The van der Waals surface area contributed by atoms with E-state index in [1.807, 2.05) is 71.8 Å². The quantitative estimate of drug-likeness (QED) is 0.269. The Balaban J connectivity index is 1.29. The van der Waals surface area contributed by atoms with E-state index in [1.165, 1.54) is 6.33 Å². The Kier molecular flexibility index (Phi) is 6.26. The van der Waals surface area contributed by atoms with Gasteiger partial charge in [-0.3, -0.25) is 4.79 Å². The Morgan fingerprint density at radius 3 is 2.58 bits per heavy atom. The molecule has 0 unspecified atom stereocenters. The fraction of sp³-hybridized carbons (Fsp3) is 0.267. The number of nitriles is 1. The van der Waals surface area contributed by atoms with Gasteiger partial charge in [-0.1, -0.05) is 36.4 Å². The third kappa shape index (κ3) is 4.71. The third-order valence-electron chi connectivity index (χ3n) is 7.25. The van der Waals surface area contributed by atoms with E-state index in [-0.39, 0.29) is 17.5 Å². The zero-order valence-corrected chi connectivity index (χ0v) is 21.0. The number of nitrogens with zero attached hydrogens (tertiary/aromatic N) is 5. The van der Waals surface area contributed by atoms with Crippen LogP contribution in [0.2, 0.25) is 0 Å². The monoisotopic (exact) mass is 504 g/mol. The highest BCUT2D eigenvalue weighted by atomic mass is 16.5. The van der Waals surface area contributed by atoms with Crippen molar-refractivity contribution in [3.63, 3.8) is 0 Å². The van der Waals surface area contributed by atoms with Crippen LogP contribution in [0.4, 0.5) is 5.82 Å². The van der Waals surface area contributed by atoms with E-state index in [9.17, 15) is 10.1 Å². The summed E-state index contributed by atoms with van der Waals surface area (Å²) in [6.07, 6.45) is 9.24. The van der Waals surface area contributed by atoms with Crippen LogP contribution < -0.4 is 10.5 Å². The van der Waals surface area contributed by atoms with Crippen LogP contribution in [-0.2, 0) is 11.3 Å². The van der Waals surface area contributed by atoms with Gasteiger partial charge < -0.3 is 19.9 Å². The summed E-state index contributed by atoms with van der Waals surface area (Å²) in [6, 6.07) is 19.6. The SMILES string of the molecule is N#C/C(=C\C1CC1)C(=O)N1CCC[C@@H]1Cn1cc(-c2ccc(Oc3ccccc3)cc2)c2c(N)ncnc21. The summed E-state index contributed by atoms with van der Waals surface area (Å²) >= 11 is 0. The highest BCUT2D eigenvalue weighted by molar-refractivity contribution is 6.01. The Labute approximate surface area is 221 Å². The van der Waals surface area contributed by atoms with Crippen LogP contribution in [0.5, 0.6) is 11.5 Å². The van der Waals surface area contributed by atoms with E-state index in [1.54, 1.807) is 0 Å². The molecule has 1 atom stereocenters. The molecule has 0 bridgehead atoms. The van der Waals surface area contributed by atoms with Crippen molar-refractivity contribution < 1.29 is 9.53 Å². The molecule has 8 nitrogen and oxygen atoms in total. The summed E-state index contributed by atoms with van der Waals surface area (Å²) < 4.78 is 8.00. The van der Waals surface area contributed by atoms with Gasteiger partial charge in [0.05, 0.1) is 11.4 Å². The van der Waals surface area contributed by atoms with Crippen LogP contribution in [0, 0.1) is 17.2 Å². The molecule has 1 saturated heterocycles. The second-order valence-electron chi connectivity index (χ2n) is 9.92. The highest BCUT2D eigenvalue weighted by Gasteiger charge is 2.33. The van der Waals surface area contributed by atoms with Gasteiger partial charge in [-0.15, -0.1) is 0 Å². The van der Waals surface area contributed by atoms with Crippen molar-refractivity contribution in [2.75, 3.05) is 12.3 Å². The van der Waals surface area contributed by atoms with Gasteiger partial charge >= 0.3 is 0 Å². The van der Waals surface area contributed by atoms with Gasteiger partial charge in [0.2, 0.25) is 0 Å². The van der Waals surface area contributed by atoms with E-state index in [4.69, 9.17) is 10.5 Å². The lowest BCUT2D eigenvalue weighted by molar-refractivity contribution is -0.127. The van der Waals surface area contributed by atoms with Crippen molar-refractivity contribution in [1.29, 1.82) is 5.26 Å². The summed E-state index contributed by atoms with van der Waals surface area (Å²) in [4.78, 5) is 23.9. The van der Waals surface area contributed by atoms with Crippen LogP contribution in [0.25, 0.3) is 22.2 Å². The van der Waals surface area contributed by atoms with E-state index < -0.39 is 0 Å². The lowest BCUT2D eigenvalue weighted by Gasteiger charge is -2.25. The molecule has 1 saturated carbocycles. The molecule has 1 aliphatic heterocycles. The first kappa shape index (κ1) is 23.7. The number of hydrogen-bond acceptors (Lipinski definition) is 6. The van der Waals surface area contributed by atoms with Gasteiger partial charge in [0.1, 0.15) is 40.9 Å². The topological polar surface area (TPSA) is 110 Å². The number of nitrogen functional groups attached to an aromatic ring is 1. The predicted molar refractivity (Wildman–Crippen MR) is 145 cm³/mol. The van der Waals surface area contributed by atoms with Gasteiger partial charge in [-0.25, -0.2) is 9.97 Å². The normalized spacial score (nSPS) is 17.5. The zero-order valence-electron chi connectivity index (χ0n) is 21.0. The standard InChI is InChI=1S/C30H28N6O2/c31-16-22(15-20-8-9-20)30(37)36-14-4-5-23(36)17-35-18-26(27-28(32)33-19-34-29(27)35)21-10-12-25(13-11-21)38-24-6-2-1-3-7-24/h1-3,6-7,10-13,15,18-20,23H,4-5,8-9,14,17H2,(H2,32,33,34)/b22-15+/t23-/m1/s1. The molecular weight excluding hydrogens is 476 g/mol. The molecule has 8 heteroatoms. The molecule has 2 aliphatic rings. The molecule has 2 aromatic heterocycles. The van der Waals surface area contributed by atoms with E-state index in [2.05, 4.69) is 20.6 Å². The predicted octanol–water partition coefficient (Wildman–Crippen LogP) is 5.32.